The third-order valence-electron chi connectivity index (χ3n) is 11.6. The molecule has 2 atom stereocenters. The summed E-state index contributed by atoms with van der Waals surface area (Å²) in [5.41, 5.74) is 14.1. The van der Waals surface area contributed by atoms with Gasteiger partial charge in [-0.15, -0.1) is 0 Å². The highest BCUT2D eigenvalue weighted by atomic mass is 14.9. The van der Waals surface area contributed by atoms with Crippen LogP contribution in [0.2, 0.25) is 0 Å². The molecule has 260 valence electrons. The van der Waals surface area contributed by atoms with Crippen molar-refractivity contribution in [3.63, 3.8) is 0 Å². The number of rotatable bonds is 9. The molecule has 0 heterocycles. The Morgan fingerprint density at radius 1 is 0.840 bits per heavy atom. The molecular weight excluding hydrogens is 603 g/mol. The summed E-state index contributed by atoms with van der Waals surface area (Å²) < 4.78 is 0. The number of unbranched alkanes of at least 4 members (excludes halogenated alkanes) is 1. The van der Waals surface area contributed by atoms with Crippen molar-refractivity contribution in [2.24, 2.45) is 22.7 Å². The molecule has 0 bridgehead atoms. The molecule has 0 aliphatic heterocycles. The van der Waals surface area contributed by atoms with Crippen molar-refractivity contribution in [3.8, 4) is 0 Å². The number of benzene rings is 3. The van der Waals surface area contributed by atoms with Crippen LogP contribution in [0.5, 0.6) is 0 Å². The zero-order chi connectivity index (χ0) is 35.1. The Morgan fingerprint density at radius 2 is 1.54 bits per heavy atom. The molecule has 0 fully saturated rings. The molecule has 0 spiro atoms. The lowest BCUT2D eigenvalue weighted by atomic mass is 9.66. The first-order valence-electron chi connectivity index (χ1n) is 19.3. The average Bonchev–Trinajstić information content (AvgIpc) is 3.16. The molecule has 2 unspecified atom stereocenters. The van der Waals surface area contributed by atoms with Crippen LogP contribution in [-0.4, -0.2) is 6.54 Å². The highest BCUT2D eigenvalue weighted by molar-refractivity contribution is 6.07. The molecule has 1 nitrogen and oxygen atoms in total. The second kappa shape index (κ2) is 15.8. The zero-order valence-corrected chi connectivity index (χ0v) is 31.6. The fourth-order valence-electron chi connectivity index (χ4n) is 8.25. The van der Waals surface area contributed by atoms with Crippen molar-refractivity contribution >= 4 is 22.4 Å². The first-order chi connectivity index (χ1) is 24.1. The van der Waals surface area contributed by atoms with E-state index in [0.717, 1.165) is 38.6 Å². The molecule has 0 aromatic heterocycles. The Balaban J connectivity index is 1.23. The molecule has 6 rings (SSSR count). The lowest BCUT2D eigenvalue weighted by Crippen LogP contribution is -2.28. The van der Waals surface area contributed by atoms with Crippen LogP contribution in [-0.2, 0) is 0 Å². The Hall–Kier alpha value is -4.10. The lowest BCUT2D eigenvalue weighted by Gasteiger charge is -2.39. The number of nitrogens with one attached hydrogen (secondary N) is 1. The van der Waals surface area contributed by atoms with Gasteiger partial charge in [-0.25, -0.2) is 0 Å². The normalized spacial score (nSPS) is 23.7. The third-order valence-corrected chi connectivity index (χ3v) is 11.6. The van der Waals surface area contributed by atoms with Gasteiger partial charge in [0.25, 0.3) is 0 Å². The standard InChI is InChI=1S/C49H59N/c1-36-34-46(48(2,3)4)47(44(39-23-12-8-13-24-39)35-41-26-16-18-28-45(41)49(36,5)6)40-29-31-42(32-30-40)50-33-19-9-14-22-38-25-15-17-27-43(38)37-20-10-7-11-21-37/h7-8,10-14,16,20-24,26-27,29-32,35-36,38,50H,9,15,17-19,25,28,33-34H2,1-6H3/b22-14-,44-35+,47-46+. The molecule has 0 radical (unpaired) electrons. The molecule has 50 heavy (non-hydrogen) atoms. The Labute approximate surface area is 303 Å². The van der Waals surface area contributed by atoms with E-state index in [1.807, 2.05) is 0 Å². The van der Waals surface area contributed by atoms with E-state index in [4.69, 9.17) is 0 Å². The van der Waals surface area contributed by atoms with Crippen LogP contribution in [0, 0.1) is 22.7 Å². The van der Waals surface area contributed by atoms with E-state index in [-0.39, 0.29) is 10.8 Å². The van der Waals surface area contributed by atoms with E-state index < -0.39 is 0 Å². The molecule has 1 N–H and O–H groups in total. The van der Waals surface area contributed by atoms with Crippen molar-refractivity contribution in [2.45, 2.75) is 92.9 Å². The fourth-order valence-corrected chi connectivity index (χ4v) is 8.25. The molecule has 0 amide bonds. The quantitative estimate of drug-likeness (QED) is 0.178. The van der Waals surface area contributed by atoms with Crippen LogP contribution in [0.15, 0.2) is 138 Å². The summed E-state index contributed by atoms with van der Waals surface area (Å²) in [5, 5.41) is 3.73. The van der Waals surface area contributed by atoms with Crippen LogP contribution < -0.4 is 5.32 Å². The maximum Gasteiger partial charge on any atom is 0.0340 e. The minimum Gasteiger partial charge on any atom is -0.385 e. The van der Waals surface area contributed by atoms with Crippen LogP contribution in [0.1, 0.15) is 110 Å². The molecular formula is C49H59N. The Morgan fingerprint density at radius 3 is 2.24 bits per heavy atom. The van der Waals surface area contributed by atoms with Crippen LogP contribution >= 0.6 is 0 Å². The fraction of sp³-hybridized carbons (Fsp3) is 0.388. The van der Waals surface area contributed by atoms with Crippen LogP contribution in [0.4, 0.5) is 5.69 Å². The van der Waals surface area contributed by atoms with Crippen molar-refractivity contribution < 1.29 is 0 Å². The van der Waals surface area contributed by atoms with Gasteiger partial charge in [0.1, 0.15) is 0 Å². The van der Waals surface area contributed by atoms with E-state index >= 15 is 0 Å². The van der Waals surface area contributed by atoms with Gasteiger partial charge in [-0.1, -0.05) is 156 Å². The predicted molar refractivity (Wildman–Crippen MR) is 219 cm³/mol. The summed E-state index contributed by atoms with van der Waals surface area (Å²) in [6, 6.07) is 31.4. The molecule has 0 saturated carbocycles. The van der Waals surface area contributed by atoms with Gasteiger partial charge in [0, 0.05) is 18.2 Å². The second-order valence-corrected chi connectivity index (χ2v) is 16.4. The number of hydrogen-bond donors (Lipinski definition) is 1. The summed E-state index contributed by atoms with van der Waals surface area (Å²) in [6.07, 6.45) is 23.9. The zero-order valence-electron chi connectivity index (χ0n) is 31.6. The Bertz CT molecular complexity index is 1780. The molecule has 3 aromatic rings. The van der Waals surface area contributed by atoms with Gasteiger partial charge >= 0.3 is 0 Å². The average molecular weight is 662 g/mol. The van der Waals surface area contributed by atoms with Crippen molar-refractivity contribution in [1.29, 1.82) is 0 Å². The van der Waals surface area contributed by atoms with Gasteiger partial charge in [0.05, 0.1) is 0 Å². The summed E-state index contributed by atoms with van der Waals surface area (Å²) in [5.74, 6) is 1.05. The van der Waals surface area contributed by atoms with E-state index in [1.54, 1.807) is 11.1 Å². The number of anilines is 1. The summed E-state index contributed by atoms with van der Waals surface area (Å²) >= 11 is 0. The highest BCUT2D eigenvalue weighted by Crippen LogP contribution is 2.51. The summed E-state index contributed by atoms with van der Waals surface area (Å²) in [6.45, 7) is 15.7. The van der Waals surface area contributed by atoms with Gasteiger partial charge in [-0.2, -0.15) is 0 Å². The predicted octanol–water partition coefficient (Wildman–Crippen LogP) is 13.9. The van der Waals surface area contributed by atoms with E-state index in [1.165, 1.54) is 63.9 Å². The highest BCUT2D eigenvalue weighted by Gasteiger charge is 2.36. The van der Waals surface area contributed by atoms with Crippen molar-refractivity contribution in [2.75, 3.05) is 11.9 Å². The molecule has 1 heteroatoms. The summed E-state index contributed by atoms with van der Waals surface area (Å²) in [4.78, 5) is 0. The largest absolute Gasteiger partial charge is 0.385 e. The number of allylic oxidation sites excluding steroid dienone is 12. The Kier molecular flexibility index (Phi) is 11.3. The molecule has 0 saturated heterocycles. The van der Waals surface area contributed by atoms with Crippen molar-refractivity contribution in [3.05, 3.63) is 155 Å². The molecule has 3 aliphatic rings. The minimum atomic E-state index is 0.0218. The van der Waals surface area contributed by atoms with E-state index in [0.29, 0.717) is 11.8 Å². The number of hydrogen-bond acceptors (Lipinski definition) is 1. The van der Waals surface area contributed by atoms with Gasteiger partial charge in [0.15, 0.2) is 0 Å². The maximum absolute atomic E-state index is 3.73. The van der Waals surface area contributed by atoms with Gasteiger partial charge < -0.3 is 5.32 Å². The monoisotopic (exact) mass is 661 g/mol. The molecule has 3 aromatic carbocycles. The maximum atomic E-state index is 3.73. The lowest BCUT2D eigenvalue weighted by molar-refractivity contribution is 0.263. The van der Waals surface area contributed by atoms with E-state index in [2.05, 4.69) is 168 Å². The SMILES string of the molecule is CC1C/C(C(C)(C)C)=C(c2ccc(NCCC/C=C\C3CCCC=C3c3ccccc3)cc2)\C(c2ccccc2)=C\C2=C(CCC=C2)C1(C)C. The third kappa shape index (κ3) is 8.26. The van der Waals surface area contributed by atoms with Crippen molar-refractivity contribution in [1.82, 2.24) is 0 Å². The van der Waals surface area contributed by atoms with Gasteiger partial charge in [0.2, 0.25) is 0 Å². The topological polar surface area (TPSA) is 12.0 Å². The van der Waals surface area contributed by atoms with Crippen LogP contribution in [0.3, 0.4) is 0 Å². The van der Waals surface area contributed by atoms with Crippen LogP contribution in [0.25, 0.3) is 16.7 Å². The van der Waals surface area contributed by atoms with Gasteiger partial charge in [-0.3, -0.25) is 0 Å². The molecule has 3 aliphatic carbocycles. The summed E-state index contributed by atoms with van der Waals surface area (Å²) in [7, 11) is 0. The smallest absolute Gasteiger partial charge is 0.0340 e. The first-order valence-corrected chi connectivity index (χ1v) is 19.3. The van der Waals surface area contributed by atoms with Gasteiger partial charge in [-0.05, 0) is 125 Å². The minimum absolute atomic E-state index is 0.0218. The van der Waals surface area contributed by atoms with E-state index in [9.17, 15) is 0 Å². The first kappa shape index (κ1) is 35.7. The second-order valence-electron chi connectivity index (χ2n) is 16.4.